The van der Waals surface area contributed by atoms with E-state index >= 15 is 0 Å². The molecular weight excluding hydrogens is 333 g/mol. The number of piperazine rings is 1. The monoisotopic (exact) mass is 349 g/mol. The molecule has 8 heteroatoms. The summed E-state index contributed by atoms with van der Waals surface area (Å²) in [4.78, 5) is 2.43. The van der Waals surface area contributed by atoms with E-state index in [1.165, 1.54) is 10.4 Å². The molecule has 0 radical (unpaired) electrons. The van der Waals surface area contributed by atoms with E-state index in [9.17, 15) is 8.42 Å². The van der Waals surface area contributed by atoms with Gasteiger partial charge in [-0.3, -0.25) is 4.90 Å². The van der Waals surface area contributed by atoms with Crippen LogP contribution in [0.25, 0.3) is 0 Å². The molecular formula is C13H17Cl2N3O2S. The van der Waals surface area contributed by atoms with Crippen LogP contribution >= 0.6 is 23.2 Å². The molecule has 0 amide bonds. The van der Waals surface area contributed by atoms with Gasteiger partial charge in [-0.25, -0.2) is 8.42 Å². The Hall–Kier alpha value is -0.370. The molecule has 0 bridgehead atoms. The number of nitrogens with one attached hydrogen (secondary N) is 1. The molecule has 1 aromatic carbocycles. The van der Waals surface area contributed by atoms with E-state index in [0.717, 1.165) is 26.2 Å². The molecule has 0 atom stereocenters. The fourth-order valence-electron chi connectivity index (χ4n) is 2.71. The summed E-state index contributed by atoms with van der Waals surface area (Å²) in [6, 6.07) is 5.00. The Kier molecular flexibility index (Phi) is 4.45. The second-order valence-corrected chi connectivity index (χ2v) is 8.01. The molecule has 0 aliphatic carbocycles. The van der Waals surface area contributed by atoms with Gasteiger partial charge in [0, 0.05) is 45.3 Å². The van der Waals surface area contributed by atoms with E-state index in [1.807, 2.05) is 0 Å². The highest BCUT2D eigenvalue weighted by Crippen LogP contribution is 2.33. The molecule has 116 valence electrons. The summed E-state index contributed by atoms with van der Waals surface area (Å²) in [5, 5.41) is 3.66. The van der Waals surface area contributed by atoms with Crippen LogP contribution in [0.15, 0.2) is 23.1 Å². The number of nitrogens with zero attached hydrogens (tertiary/aromatic N) is 2. The minimum atomic E-state index is -3.55. The standard InChI is InChI=1S/C13H17Cl2N3O2S/c14-11-2-1-3-12(13(11)15)21(19,20)18-8-10(9-18)17-6-4-16-5-7-17/h1-3,10,16H,4-9H2. The number of hydrogen-bond acceptors (Lipinski definition) is 4. The van der Waals surface area contributed by atoms with Crippen molar-refractivity contribution in [2.45, 2.75) is 10.9 Å². The van der Waals surface area contributed by atoms with E-state index in [-0.39, 0.29) is 14.9 Å². The van der Waals surface area contributed by atoms with Crippen molar-refractivity contribution in [3.8, 4) is 0 Å². The number of sulfonamides is 1. The Bertz CT molecular complexity index is 626. The van der Waals surface area contributed by atoms with Gasteiger partial charge in [-0.2, -0.15) is 4.31 Å². The van der Waals surface area contributed by atoms with E-state index < -0.39 is 10.0 Å². The van der Waals surface area contributed by atoms with Crippen molar-refractivity contribution in [2.75, 3.05) is 39.3 Å². The molecule has 2 aliphatic heterocycles. The lowest BCUT2D eigenvalue weighted by Crippen LogP contribution is -2.63. The fraction of sp³-hybridized carbons (Fsp3) is 0.538. The highest BCUT2D eigenvalue weighted by atomic mass is 35.5. The molecule has 0 aromatic heterocycles. The van der Waals surface area contributed by atoms with Crippen LogP contribution in [-0.4, -0.2) is 62.9 Å². The van der Waals surface area contributed by atoms with Gasteiger partial charge in [0.15, 0.2) is 0 Å². The summed E-state index contributed by atoms with van der Waals surface area (Å²) in [7, 11) is -3.55. The molecule has 0 spiro atoms. The number of rotatable bonds is 3. The zero-order valence-electron chi connectivity index (χ0n) is 11.4. The van der Waals surface area contributed by atoms with Crippen LogP contribution in [0.2, 0.25) is 10.0 Å². The maximum Gasteiger partial charge on any atom is 0.244 e. The first-order chi connectivity index (χ1) is 10.00. The summed E-state index contributed by atoms with van der Waals surface area (Å²) in [5.74, 6) is 0. The van der Waals surface area contributed by atoms with Gasteiger partial charge in [-0.05, 0) is 12.1 Å². The Labute approximate surface area is 134 Å². The van der Waals surface area contributed by atoms with Crippen molar-refractivity contribution in [3.05, 3.63) is 28.2 Å². The Balaban J connectivity index is 1.71. The average Bonchev–Trinajstić information content (AvgIpc) is 2.41. The highest BCUT2D eigenvalue weighted by Gasteiger charge is 2.40. The van der Waals surface area contributed by atoms with Gasteiger partial charge in [0.1, 0.15) is 4.90 Å². The molecule has 21 heavy (non-hydrogen) atoms. The van der Waals surface area contributed by atoms with Gasteiger partial charge in [-0.1, -0.05) is 29.3 Å². The third-order valence-corrected chi connectivity index (χ3v) is 6.84. The van der Waals surface area contributed by atoms with Crippen molar-refractivity contribution < 1.29 is 8.42 Å². The molecule has 2 heterocycles. The quantitative estimate of drug-likeness (QED) is 0.892. The molecule has 0 unspecified atom stereocenters. The smallest absolute Gasteiger partial charge is 0.244 e. The van der Waals surface area contributed by atoms with E-state index in [1.54, 1.807) is 12.1 Å². The van der Waals surface area contributed by atoms with Crippen molar-refractivity contribution in [3.63, 3.8) is 0 Å². The summed E-state index contributed by atoms with van der Waals surface area (Å²) < 4.78 is 26.6. The molecule has 2 saturated heterocycles. The Morgan fingerprint density at radius 2 is 1.81 bits per heavy atom. The third kappa shape index (κ3) is 2.93. The zero-order chi connectivity index (χ0) is 15.0. The van der Waals surface area contributed by atoms with Crippen LogP contribution in [0.1, 0.15) is 0 Å². The van der Waals surface area contributed by atoms with E-state index in [2.05, 4.69) is 10.2 Å². The molecule has 0 saturated carbocycles. The van der Waals surface area contributed by atoms with Gasteiger partial charge < -0.3 is 5.32 Å². The summed E-state index contributed by atoms with van der Waals surface area (Å²) in [6.07, 6.45) is 0. The van der Waals surface area contributed by atoms with Crippen molar-refractivity contribution >= 4 is 33.2 Å². The van der Waals surface area contributed by atoms with Crippen molar-refractivity contribution in [2.24, 2.45) is 0 Å². The van der Waals surface area contributed by atoms with Crippen molar-refractivity contribution in [1.82, 2.24) is 14.5 Å². The van der Waals surface area contributed by atoms with Gasteiger partial charge >= 0.3 is 0 Å². The fourth-order valence-corrected chi connectivity index (χ4v) is 4.96. The minimum Gasteiger partial charge on any atom is -0.314 e. The second kappa shape index (κ2) is 6.02. The number of halogens is 2. The SMILES string of the molecule is O=S(=O)(c1cccc(Cl)c1Cl)N1CC(N2CCNCC2)C1. The van der Waals surface area contributed by atoms with Gasteiger partial charge in [0.05, 0.1) is 10.0 Å². The first kappa shape index (κ1) is 15.5. The Morgan fingerprint density at radius 3 is 2.48 bits per heavy atom. The van der Waals surface area contributed by atoms with Crippen LogP contribution in [0.3, 0.4) is 0 Å². The van der Waals surface area contributed by atoms with E-state index in [4.69, 9.17) is 23.2 Å². The lowest BCUT2D eigenvalue weighted by Gasteiger charge is -2.45. The summed E-state index contributed by atoms with van der Waals surface area (Å²) in [6.45, 7) is 4.90. The van der Waals surface area contributed by atoms with Gasteiger partial charge in [0.2, 0.25) is 10.0 Å². The molecule has 1 N–H and O–H groups in total. The second-order valence-electron chi connectivity index (χ2n) is 5.31. The largest absolute Gasteiger partial charge is 0.314 e. The van der Waals surface area contributed by atoms with Crippen LogP contribution in [0, 0.1) is 0 Å². The summed E-state index contributed by atoms with van der Waals surface area (Å²) in [5.41, 5.74) is 0. The topological polar surface area (TPSA) is 52.7 Å². The van der Waals surface area contributed by atoms with Gasteiger partial charge in [-0.15, -0.1) is 0 Å². The lowest BCUT2D eigenvalue weighted by molar-refractivity contribution is 0.0773. The minimum absolute atomic E-state index is 0.0930. The van der Waals surface area contributed by atoms with E-state index in [0.29, 0.717) is 19.1 Å². The molecule has 3 rings (SSSR count). The third-order valence-electron chi connectivity index (χ3n) is 4.03. The van der Waals surface area contributed by atoms with Crippen LogP contribution in [-0.2, 0) is 10.0 Å². The van der Waals surface area contributed by atoms with Gasteiger partial charge in [0.25, 0.3) is 0 Å². The Morgan fingerprint density at radius 1 is 1.14 bits per heavy atom. The first-order valence-corrected chi connectivity index (χ1v) is 9.08. The predicted molar refractivity (Wildman–Crippen MR) is 83.5 cm³/mol. The molecule has 2 aliphatic rings. The number of benzene rings is 1. The average molecular weight is 350 g/mol. The molecule has 2 fully saturated rings. The molecule has 1 aromatic rings. The van der Waals surface area contributed by atoms with Crippen LogP contribution in [0.5, 0.6) is 0 Å². The zero-order valence-corrected chi connectivity index (χ0v) is 13.8. The normalized spacial score (nSPS) is 22.2. The highest BCUT2D eigenvalue weighted by molar-refractivity contribution is 7.89. The summed E-state index contributed by atoms with van der Waals surface area (Å²) >= 11 is 11.9. The van der Waals surface area contributed by atoms with Crippen LogP contribution in [0.4, 0.5) is 0 Å². The molecule has 5 nitrogen and oxygen atoms in total. The first-order valence-electron chi connectivity index (χ1n) is 6.89. The van der Waals surface area contributed by atoms with Crippen molar-refractivity contribution in [1.29, 1.82) is 0 Å². The number of hydrogen-bond donors (Lipinski definition) is 1. The predicted octanol–water partition coefficient (Wildman–Crippen LogP) is 1.27. The lowest BCUT2D eigenvalue weighted by atomic mass is 10.1. The van der Waals surface area contributed by atoms with Crippen LogP contribution < -0.4 is 5.32 Å². The maximum atomic E-state index is 12.6. The maximum absolute atomic E-state index is 12.6.